The van der Waals surface area contributed by atoms with E-state index in [-0.39, 0.29) is 6.04 Å². The van der Waals surface area contributed by atoms with Crippen molar-refractivity contribution in [2.24, 2.45) is 0 Å². The van der Waals surface area contributed by atoms with Gasteiger partial charge in [-0.25, -0.2) is 0 Å². The number of rotatable bonds is 4. The summed E-state index contributed by atoms with van der Waals surface area (Å²) in [6.45, 7) is 4.26. The van der Waals surface area contributed by atoms with E-state index in [1.54, 1.807) is 0 Å². The fourth-order valence-corrected chi connectivity index (χ4v) is 2.72. The zero-order valence-electron chi connectivity index (χ0n) is 12.2. The van der Waals surface area contributed by atoms with E-state index in [1.165, 1.54) is 11.1 Å². The summed E-state index contributed by atoms with van der Waals surface area (Å²) >= 11 is 11.4. The molecule has 2 nitrogen and oxygen atoms in total. The van der Waals surface area contributed by atoms with E-state index in [1.807, 2.05) is 30.3 Å². The highest BCUT2D eigenvalue weighted by molar-refractivity contribution is 7.80. The smallest absolute Gasteiger partial charge is 0.171 e. The van der Waals surface area contributed by atoms with Crippen LogP contribution in [0, 0.1) is 6.92 Å². The van der Waals surface area contributed by atoms with Gasteiger partial charge in [-0.3, -0.25) is 0 Å². The molecule has 0 aliphatic rings. The lowest BCUT2D eigenvalue weighted by atomic mass is 10.00. The summed E-state index contributed by atoms with van der Waals surface area (Å²) in [4.78, 5) is 0. The zero-order chi connectivity index (χ0) is 15.2. The van der Waals surface area contributed by atoms with E-state index in [4.69, 9.17) is 23.8 Å². The lowest BCUT2D eigenvalue weighted by molar-refractivity contribution is 0.625. The number of hydrogen-bond donors (Lipinski definition) is 2. The van der Waals surface area contributed by atoms with E-state index in [2.05, 4.69) is 42.7 Å². The van der Waals surface area contributed by atoms with Crippen LogP contribution in [0.3, 0.4) is 0 Å². The molecule has 0 aliphatic heterocycles. The van der Waals surface area contributed by atoms with Crippen molar-refractivity contribution in [1.82, 2.24) is 5.32 Å². The van der Waals surface area contributed by atoms with Gasteiger partial charge >= 0.3 is 0 Å². The Kier molecular flexibility index (Phi) is 5.59. The molecule has 2 rings (SSSR count). The minimum Gasteiger partial charge on any atom is -0.356 e. The highest BCUT2D eigenvalue weighted by atomic mass is 35.5. The van der Waals surface area contributed by atoms with Crippen molar-refractivity contribution in [2.75, 3.05) is 5.32 Å². The van der Waals surface area contributed by atoms with Crippen LogP contribution in [0.15, 0.2) is 48.5 Å². The summed E-state index contributed by atoms with van der Waals surface area (Å²) in [6.07, 6.45) is 0.961. The molecule has 1 atom stereocenters. The third-order valence-electron chi connectivity index (χ3n) is 3.36. The third-order valence-corrected chi connectivity index (χ3v) is 3.81. The van der Waals surface area contributed by atoms with Gasteiger partial charge in [0.25, 0.3) is 0 Å². The first kappa shape index (κ1) is 15.8. The lowest BCUT2D eigenvalue weighted by Gasteiger charge is -2.21. The average molecular weight is 319 g/mol. The molecule has 21 heavy (non-hydrogen) atoms. The third kappa shape index (κ3) is 4.45. The number of benzene rings is 2. The quantitative estimate of drug-likeness (QED) is 0.768. The monoisotopic (exact) mass is 318 g/mol. The van der Waals surface area contributed by atoms with Gasteiger partial charge in [-0.1, -0.05) is 48.9 Å². The predicted octanol–water partition coefficient (Wildman–Crippen LogP) is 5.09. The minimum atomic E-state index is 0.199. The van der Waals surface area contributed by atoms with Crippen molar-refractivity contribution in [3.8, 4) is 0 Å². The summed E-state index contributed by atoms with van der Waals surface area (Å²) in [5, 5.41) is 7.83. The Morgan fingerprint density at radius 2 is 1.95 bits per heavy atom. The van der Waals surface area contributed by atoms with Gasteiger partial charge in [0.15, 0.2) is 5.11 Å². The van der Waals surface area contributed by atoms with Gasteiger partial charge in [-0.15, -0.1) is 0 Å². The summed E-state index contributed by atoms with van der Waals surface area (Å²) in [5.41, 5.74) is 3.43. The summed E-state index contributed by atoms with van der Waals surface area (Å²) < 4.78 is 0. The van der Waals surface area contributed by atoms with Crippen LogP contribution in [0.1, 0.15) is 30.5 Å². The van der Waals surface area contributed by atoms with Crippen molar-refractivity contribution >= 4 is 34.6 Å². The molecular formula is C17H19ClN2S. The van der Waals surface area contributed by atoms with Gasteiger partial charge in [0.2, 0.25) is 0 Å². The maximum atomic E-state index is 5.97. The average Bonchev–Trinajstić information content (AvgIpc) is 2.45. The molecule has 4 heteroatoms. The van der Waals surface area contributed by atoms with Gasteiger partial charge in [0.05, 0.1) is 6.04 Å². The summed E-state index contributed by atoms with van der Waals surface area (Å²) in [6, 6.07) is 16.1. The van der Waals surface area contributed by atoms with Crippen molar-refractivity contribution < 1.29 is 0 Å². The SMILES string of the molecule is CCC(NC(=S)Nc1cccc(Cl)c1)c1ccccc1C. The van der Waals surface area contributed by atoms with E-state index in [0.29, 0.717) is 10.1 Å². The Bertz CT molecular complexity index is 628. The zero-order valence-corrected chi connectivity index (χ0v) is 13.8. The first-order valence-corrected chi connectivity index (χ1v) is 7.77. The van der Waals surface area contributed by atoms with E-state index in [9.17, 15) is 0 Å². The van der Waals surface area contributed by atoms with Crippen LogP contribution >= 0.6 is 23.8 Å². The molecule has 110 valence electrons. The fourth-order valence-electron chi connectivity index (χ4n) is 2.27. The molecule has 0 aliphatic carbocycles. The Balaban J connectivity index is 2.05. The number of hydrogen-bond acceptors (Lipinski definition) is 1. The molecule has 0 heterocycles. The van der Waals surface area contributed by atoms with E-state index in [0.717, 1.165) is 12.1 Å². The van der Waals surface area contributed by atoms with Gasteiger partial charge in [0.1, 0.15) is 0 Å². The number of aryl methyl sites for hydroxylation is 1. The highest BCUT2D eigenvalue weighted by Gasteiger charge is 2.12. The Morgan fingerprint density at radius 1 is 1.19 bits per heavy atom. The number of anilines is 1. The topological polar surface area (TPSA) is 24.1 Å². The van der Waals surface area contributed by atoms with Crippen LogP contribution in [0.4, 0.5) is 5.69 Å². The molecule has 0 radical (unpaired) electrons. The second kappa shape index (κ2) is 7.43. The predicted molar refractivity (Wildman–Crippen MR) is 95.0 cm³/mol. The molecular weight excluding hydrogens is 300 g/mol. The van der Waals surface area contributed by atoms with E-state index < -0.39 is 0 Å². The molecule has 0 fully saturated rings. The molecule has 2 aromatic rings. The Morgan fingerprint density at radius 3 is 2.62 bits per heavy atom. The highest BCUT2D eigenvalue weighted by Crippen LogP contribution is 2.21. The second-order valence-electron chi connectivity index (χ2n) is 4.93. The fraction of sp³-hybridized carbons (Fsp3) is 0.235. The van der Waals surface area contributed by atoms with Gasteiger partial charge < -0.3 is 10.6 Å². The maximum Gasteiger partial charge on any atom is 0.171 e. The number of halogens is 1. The van der Waals surface area contributed by atoms with Crippen LogP contribution in [0.25, 0.3) is 0 Å². The second-order valence-corrected chi connectivity index (χ2v) is 5.77. The van der Waals surface area contributed by atoms with Crippen molar-refractivity contribution in [3.63, 3.8) is 0 Å². The van der Waals surface area contributed by atoms with Crippen LogP contribution < -0.4 is 10.6 Å². The van der Waals surface area contributed by atoms with Crippen LogP contribution in [-0.4, -0.2) is 5.11 Å². The molecule has 2 N–H and O–H groups in total. The normalized spacial score (nSPS) is 11.8. The largest absolute Gasteiger partial charge is 0.356 e. The molecule has 0 aromatic heterocycles. The van der Waals surface area contributed by atoms with E-state index >= 15 is 0 Å². The van der Waals surface area contributed by atoms with Gasteiger partial charge in [-0.05, 0) is 54.9 Å². The Labute approximate surface area is 136 Å². The molecule has 0 spiro atoms. The van der Waals surface area contributed by atoms with Crippen LogP contribution in [0.2, 0.25) is 5.02 Å². The minimum absolute atomic E-state index is 0.199. The lowest BCUT2D eigenvalue weighted by Crippen LogP contribution is -2.32. The molecule has 0 amide bonds. The van der Waals surface area contributed by atoms with Crippen LogP contribution in [-0.2, 0) is 0 Å². The first-order chi connectivity index (χ1) is 10.1. The number of thiocarbonyl (C=S) groups is 1. The maximum absolute atomic E-state index is 5.97. The standard InChI is InChI=1S/C17H19ClN2S/c1-3-16(15-10-5-4-7-12(15)2)20-17(21)19-14-9-6-8-13(18)11-14/h4-11,16H,3H2,1-2H3,(H2,19,20,21). The van der Waals surface area contributed by atoms with Crippen LogP contribution in [0.5, 0.6) is 0 Å². The van der Waals surface area contributed by atoms with Crippen molar-refractivity contribution in [2.45, 2.75) is 26.3 Å². The summed E-state index contributed by atoms with van der Waals surface area (Å²) in [5.74, 6) is 0. The van der Waals surface area contributed by atoms with Gasteiger partial charge in [0, 0.05) is 10.7 Å². The Hall–Kier alpha value is -1.58. The molecule has 0 bridgehead atoms. The molecule has 1 unspecified atom stereocenters. The first-order valence-electron chi connectivity index (χ1n) is 6.98. The van der Waals surface area contributed by atoms with Crippen molar-refractivity contribution in [1.29, 1.82) is 0 Å². The molecule has 0 saturated heterocycles. The molecule has 2 aromatic carbocycles. The van der Waals surface area contributed by atoms with Crippen molar-refractivity contribution in [3.05, 3.63) is 64.7 Å². The number of nitrogens with one attached hydrogen (secondary N) is 2. The van der Waals surface area contributed by atoms with Gasteiger partial charge in [-0.2, -0.15) is 0 Å². The molecule has 0 saturated carbocycles. The summed E-state index contributed by atoms with van der Waals surface area (Å²) in [7, 11) is 0.